The van der Waals surface area contributed by atoms with Crippen molar-refractivity contribution in [1.82, 2.24) is 4.98 Å². The van der Waals surface area contributed by atoms with Crippen LogP contribution in [0, 0.1) is 5.82 Å². The lowest BCUT2D eigenvalue weighted by Crippen LogP contribution is -1.83. The second-order valence-electron chi connectivity index (χ2n) is 3.08. The second kappa shape index (κ2) is 4.12. The van der Waals surface area contributed by atoms with Gasteiger partial charge in [0.1, 0.15) is 11.3 Å². The average molecular weight is 227 g/mol. The average Bonchev–Trinajstić information content (AvgIpc) is 2.56. The minimum absolute atomic E-state index is 0.309. The second-order valence-corrected chi connectivity index (χ2v) is 4.36. The van der Waals surface area contributed by atoms with Crippen LogP contribution in [0.15, 0.2) is 22.6 Å². The van der Waals surface area contributed by atoms with E-state index in [1.165, 1.54) is 12.1 Å². The standard InChI is InChI=1S/C10H10FNO2S/c1-6(13)15-5-10-12-8-4-7(11)2-3-9(8)14-10/h2-4,13,15H,5H2,1H3. The highest BCUT2D eigenvalue weighted by Crippen LogP contribution is 2.18. The lowest BCUT2D eigenvalue weighted by atomic mass is 10.3. The number of aromatic nitrogens is 1. The lowest BCUT2D eigenvalue weighted by Gasteiger charge is -1.88. The van der Waals surface area contributed by atoms with Gasteiger partial charge in [0, 0.05) is 6.07 Å². The third-order valence-electron chi connectivity index (χ3n) is 1.84. The molecule has 0 spiro atoms. The maximum absolute atomic E-state index is 12.8. The van der Waals surface area contributed by atoms with Gasteiger partial charge in [-0.3, -0.25) is 0 Å². The van der Waals surface area contributed by atoms with Gasteiger partial charge in [-0.2, -0.15) is 11.4 Å². The Labute approximate surface area is 89.5 Å². The molecule has 0 amide bonds. The van der Waals surface area contributed by atoms with Gasteiger partial charge in [-0.1, -0.05) is 0 Å². The van der Waals surface area contributed by atoms with Crippen LogP contribution in [-0.2, 0) is 5.75 Å². The van der Waals surface area contributed by atoms with Crippen molar-refractivity contribution in [3.8, 4) is 0 Å². The molecule has 2 rings (SSSR count). The van der Waals surface area contributed by atoms with Crippen molar-refractivity contribution >= 4 is 27.5 Å². The fraction of sp³-hybridized carbons (Fsp3) is 0.200. The predicted octanol–water partition coefficient (Wildman–Crippen LogP) is 2.64. The molecule has 0 atom stereocenters. The Hall–Kier alpha value is -1.20. The van der Waals surface area contributed by atoms with Crippen LogP contribution in [0.25, 0.3) is 11.1 Å². The SMILES string of the molecule is CC(O)=[SH]Cc1nc2cc(F)ccc2o1. The number of thiol groups is 1. The van der Waals surface area contributed by atoms with Gasteiger partial charge in [-0.15, -0.1) is 0 Å². The monoisotopic (exact) mass is 227 g/mol. The number of aliphatic hydroxyl groups excluding tert-OH is 1. The summed E-state index contributed by atoms with van der Waals surface area (Å²) in [4.78, 5) is 4.11. The summed E-state index contributed by atoms with van der Waals surface area (Å²) in [6.45, 7) is 1.61. The topological polar surface area (TPSA) is 46.3 Å². The van der Waals surface area contributed by atoms with Crippen LogP contribution in [-0.4, -0.2) is 15.1 Å². The fourth-order valence-electron chi connectivity index (χ4n) is 1.20. The van der Waals surface area contributed by atoms with Gasteiger partial charge in [-0.25, -0.2) is 9.37 Å². The zero-order chi connectivity index (χ0) is 10.8. The molecule has 0 aliphatic heterocycles. The highest BCUT2D eigenvalue weighted by molar-refractivity contribution is 7.97. The summed E-state index contributed by atoms with van der Waals surface area (Å²) < 4.78 is 18.2. The van der Waals surface area contributed by atoms with Crippen LogP contribution >= 0.6 is 11.4 Å². The first kappa shape index (κ1) is 10.3. The molecular formula is C10H10FNO2S. The number of halogens is 1. The number of aliphatic hydroxyl groups is 1. The Balaban J connectivity index is 2.35. The van der Waals surface area contributed by atoms with Gasteiger partial charge in [-0.05, 0) is 19.1 Å². The number of hydrogen-bond acceptors (Lipinski definition) is 2. The van der Waals surface area contributed by atoms with Gasteiger partial charge in [0.05, 0.1) is 10.8 Å². The minimum atomic E-state index is -0.329. The number of nitrogens with zero attached hydrogens (tertiary/aromatic N) is 1. The Morgan fingerprint density at radius 1 is 1.60 bits per heavy atom. The molecule has 0 saturated heterocycles. The number of hydrogen-bond donors (Lipinski definition) is 2. The van der Waals surface area contributed by atoms with E-state index in [0.717, 1.165) is 11.4 Å². The van der Waals surface area contributed by atoms with Gasteiger partial charge < -0.3 is 9.52 Å². The van der Waals surface area contributed by atoms with Crippen LogP contribution in [0.5, 0.6) is 0 Å². The van der Waals surface area contributed by atoms with Gasteiger partial charge in [0.2, 0.25) is 5.89 Å². The third kappa shape index (κ3) is 2.43. The Morgan fingerprint density at radius 3 is 3.13 bits per heavy atom. The maximum Gasteiger partial charge on any atom is 0.204 e. The molecule has 0 bridgehead atoms. The molecular weight excluding hydrogens is 217 g/mol. The van der Waals surface area contributed by atoms with E-state index in [1.54, 1.807) is 13.0 Å². The lowest BCUT2D eigenvalue weighted by molar-refractivity contribution is 0.553. The van der Waals surface area contributed by atoms with Crippen LogP contribution in [0.4, 0.5) is 4.39 Å². The summed E-state index contributed by atoms with van der Waals surface area (Å²) in [5.74, 6) is 0.675. The van der Waals surface area contributed by atoms with E-state index >= 15 is 0 Å². The first-order valence-corrected chi connectivity index (χ1v) is 5.48. The van der Waals surface area contributed by atoms with Crippen molar-refractivity contribution in [1.29, 1.82) is 0 Å². The van der Waals surface area contributed by atoms with Crippen molar-refractivity contribution < 1.29 is 13.9 Å². The highest BCUT2D eigenvalue weighted by Gasteiger charge is 2.04. The molecule has 1 aromatic carbocycles. The van der Waals surface area contributed by atoms with Gasteiger partial charge >= 0.3 is 0 Å². The first-order chi connectivity index (χ1) is 7.15. The molecule has 1 N–H and O–H groups in total. The van der Waals surface area contributed by atoms with Crippen molar-refractivity contribution in [2.75, 3.05) is 0 Å². The van der Waals surface area contributed by atoms with Crippen LogP contribution in [0.1, 0.15) is 12.8 Å². The Kier molecular flexibility index (Phi) is 2.83. The molecule has 1 aromatic heterocycles. The van der Waals surface area contributed by atoms with E-state index in [9.17, 15) is 4.39 Å². The van der Waals surface area contributed by atoms with E-state index in [2.05, 4.69) is 4.98 Å². The number of rotatable bonds is 2. The van der Waals surface area contributed by atoms with Gasteiger partial charge in [0.25, 0.3) is 0 Å². The van der Waals surface area contributed by atoms with E-state index < -0.39 is 0 Å². The molecule has 0 saturated carbocycles. The first-order valence-electron chi connectivity index (χ1n) is 4.40. The summed E-state index contributed by atoms with van der Waals surface area (Å²) in [6, 6.07) is 4.21. The van der Waals surface area contributed by atoms with Crippen molar-refractivity contribution in [2.45, 2.75) is 12.7 Å². The zero-order valence-electron chi connectivity index (χ0n) is 8.07. The normalized spacial score (nSPS) is 12.9. The van der Waals surface area contributed by atoms with Crippen molar-refractivity contribution in [2.24, 2.45) is 0 Å². The third-order valence-corrected chi connectivity index (χ3v) is 2.72. The molecule has 3 nitrogen and oxygen atoms in total. The van der Waals surface area contributed by atoms with Gasteiger partial charge in [0.15, 0.2) is 5.58 Å². The summed E-state index contributed by atoms with van der Waals surface area (Å²) in [7, 11) is 0. The smallest absolute Gasteiger partial charge is 0.204 e. The molecule has 80 valence electrons. The zero-order valence-corrected chi connectivity index (χ0v) is 8.96. The fourth-order valence-corrected chi connectivity index (χ4v) is 1.70. The minimum Gasteiger partial charge on any atom is -0.440 e. The van der Waals surface area contributed by atoms with Crippen LogP contribution < -0.4 is 0 Å². The summed E-state index contributed by atoms with van der Waals surface area (Å²) in [5, 5.41) is 9.32. The summed E-state index contributed by atoms with van der Waals surface area (Å²) in [6.07, 6.45) is 0. The number of benzene rings is 1. The quantitative estimate of drug-likeness (QED) is 0.612. The molecule has 2 aromatic rings. The van der Waals surface area contributed by atoms with E-state index in [1.807, 2.05) is 0 Å². The molecule has 0 aliphatic carbocycles. The molecule has 1 heterocycles. The van der Waals surface area contributed by atoms with Crippen molar-refractivity contribution in [3.63, 3.8) is 0 Å². The Morgan fingerprint density at radius 2 is 2.40 bits per heavy atom. The van der Waals surface area contributed by atoms with Crippen LogP contribution in [0.2, 0.25) is 0 Å². The summed E-state index contributed by atoms with van der Waals surface area (Å²) in [5.41, 5.74) is 1.08. The molecule has 0 fully saturated rings. The molecule has 0 unspecified atom stereocenters. The highest BCUT2D eigenvalue weighted by atomic mass is 32.1. The van der Waals surface area contributed by atoms with Crippen LogP contribution in [0.3, 0.4) is 0 Å². The Bertz CT molecular complexity index is 517. The molecule has 5 heteroatoms. The largest absolute Gasteiger partial charge is 0.440 e. The van der Waals surface area contributed by atoms with E-state index in [4.69, 9.17) is 9.52 Å². The molecule has 15 heavy (non-hydrogen) atoms. The van der Waals surface area contributed by atoms with Crippen molar-refractivity contribution in [3.05, 3.63) is 29.9 Å². The number of oxazole rings is 1. The summed E-state index contributed by atoms with van der Waals surface area (Å²) >= 11 is 0.748. The maximum atomic E-state index is 12.8. The van der Waals surface area contributed by atoms with E-state index in [-0.39, 0.29) is 5.82 Å². The molecule has 0 aliphatic rings. The predicted molar refractivity (Wildman–Crippen MR) is 60.0 cm³/mol. The van der Waals surface area contributed by atoms with E-state index in [0.29, 0.717) is 27.8 Å². The number of fused-ring (bicyclic) bond motifs is 1. The molecule has 0 radical (unpaired) electrons.